The van der Waals surface area contributed by atoms with Crippen LogP contribution >= 0.6 is 0 Å². The Morgan fingerprint density at radius 1 is 1.10 bits per heavy atom. The van der Waals surface area contributed by atoms with Crippen molar-refractivity contribution in [2.24, 2.45) is 0 Å². The lowest BCUT2D eigenvalue weighted by Gasteiger charge is -2.08. The molecule has 0 aliphatic carbocycles. The van der Waals surface area contributed by atoms with Gasteiger partial charge >= 0.3 is 0 Å². The predicted octanol–water partition coefficient (Wildman–Crippen LogP) is 1.41. The zero-order valence-electron chi connectivity index (χ0n) is 12.6. The largest absolute Gasteiger partial charge is 0.474 e. The van der Waals surface area contributed by atoms with Crippen LogP contribution in [0.25, 0.3) is 0 Å². The highest BCUT2D eigenvalue weighted by atomic mass is 16.5. The van der Waals surface area contributed by atoms with Gasteiger partial charge in [0.25, 0.3) is 0 Å². The fourth-order valence-corrected chi connectivity index (χ4v) is 1.44. The molecule has 0 bridgehead atoms. The Balaban J connectivity index is 2.12. The van der Waals surface area contributed by atoms with Crippen molar-refractivity contribution in [3.8, 4) is 5.88 Å². The molecule has 0 spiro atoms. The molecule has 1 N–H and O–H groups in total. The average molecular weight is 283 g/mol. The van der Waals surface area contributed by atoms with E-state index >= 15 is 0 Å². The van der Waals surface area contributed by atoms with Crippen LogP contribution in [-0.2, 0) is 16.0 Å². The maximum Gasteiger partial charge on any atom is 0.233 e. The van der Waals surface area contributed by atoms with E-state index in [2.05, 4.69) is 29.4 Å². The third-order valence-corrected chi connectivity index (χ3v) is 2.50. The van der Waals surface area contributed by atoms with Crippen LogP contribution in [0.5, 0.6) is 5.88 Å². The van der Waals surface area contributed by atoms with E-state index in [1.165, 1.54) is 0 Å². The second-order valence-electron chi connectivity index (χ2n) is 4.71. The maximum absolute atomic E-state index is 5.44. The van der Waals surface area contributed by atoms with Crippen molar-refractivity contribution < 1.29 is 14.2 Å². The molecule has 0 aromatic carbocycles. The summed E-state index contributed by atoms with van der Waals surface area (Å²) in [5, 5.41) is 11.4. The van der Waals surface area contributed by atoms with Gasteiger partial charge in [-0.3, -0.25) is 0 Å². The molecule has 0 amide bonds. The van der Waals surface area contributed by atoms with E-state index in [1.807, 2.05) is 12.1 Å². The molecule has 0 fully saturated rings. The van der Waals surface area contributed by atoms with Crippen molar-refractivity contribution in [3.05, 3.63) is 17.8 Å². The van der Waals surface area contributed by atoms with Crippen LogP contribution < -0.4 is 10.1 Å². The molecule has 0 saturated heterocycles. The molecule has 1 aromatic rings. The second-order valence-corrected chi connectivity index (χ2v) is 4.71. The maximum atomic E-state index is 5.44. The number of methoxy groups -OCH3 is 1. The van der Waals surface area contributed by atoms with E-state index in [4.69, 9.17) is 14.2 Å². The molecule has 0 radical (unpaired) electrons. The lowest BCUT2D eigenvalue weighted by molar-refractivity contribution is 0.0793. The van der Waals surface area contributed by atoms with E-state index in [9.17, 15) is 0 Å². The summed E-state index contributed by atoms with van der Waals surface area (Å²) in [7, 11) is 1.68. The number of rotatable bonds is 11. The summed E-state index contributed by atoms with van der Waals surface area (Å²) in [4.78, 5) is 0. The van der Waals surface area contributed by atoms with Crippen molar-refractivity contribution in [2.75, 3.05) is 33.5 Å². The molecular weight excluding hydrogens is 258 g/mol. The third kappa shape index (κ3) is 8.04. The van der Waals surface area contributed by atoms with Crippen molar-refractivity contribution >= 4 is 0 Å². The fourth-order valence-electron chi connectivity index (χ4n) is 1.44. The normalized spacial score (nSPS) is 11.0. The summed E-state index contributed by atoms with van der Waals surface area (Å²) in [6.07, 6.45) is 0.897. The lowest BCUT2D eigenvalue weighted by Crippen LogP contribution is -2.22. The van der Waals surface area contributed by atoms with E-state index in [0.717, 1.165) is 18.7 Å². The molecule has 0 aliphatic heterocycles. The van der Waals surface area contributed by atoms with Crippen molar-refractivity contribution in [1.82, 2.24) is 15.5 Å². The first-order valence-corrected chi connectivity index (χ1v) is 6.98. The molecule has 0 atom stereocenters. The number of aromatic nitrogens is 2. The first-order chi connectivity index (χ1) is 9.72. The Labute approximate surface area is 120 Å². The molecule has 114 valence electrons. The van der Waals surface area contributed by atoms with Gasteiger partial charge < -0.3 is 19.5 Å². The first kappa shape index (κ1) is 16.8. The van der Waals surface area contributed by atoms with E-state index in [0.29, 0.717) is 38.3 Å². The van der Waals surface area contributed by atoms with Crippen LogP contribution in [0.3, 0.4) is 0 Å². The number of nitrogens with zero attached hydrogens (tertiary/aromatic N) is 2. The minimum atomic E-state index is 0.433. The Hall–Kier alpha value is -1.24. The molecular formula is C14H25N3O3. The highest BCUT2D eigenvalue weighted by Crippen LogP contribution is 2.04. The van der Waals surface area contributed by atoms with Crippen molar-refractivity contribution in [2.45, 2.75) is 32.9 Å². The highest BCUT2D eigenvalue weighted by Gasteiger charge is 2.00. The molecule has 0 unspecified atom stereocenters. The predicted molar refractivity (Wildman–Crippen MR) is 76.8 cm³/mol. The number of hydrogen-bond acceptors (Lipinski definition) is 6. The summed E-state index contributed by atoms with van der Waals surface area (Å²) in [5.41, 5.74) is 0.905. The van der Waals surface area contributed by atoms with Crippen LogP contribution in [0.15, 0.2) is 12.1 Å². The smallest absolute Gasteiger partial charge is 0.233 e. The molecule has 20 heavy (non-hydrogen) atoms. The van der Waals surface area contributed by atoms with E-state index < -0.39 is 0 Å². The van der Waals surface area contributed by atoms with Crippen molar-refractivity contribution in [1.29, 1.82) is 0 Å². The Kier molecular flexibility index (Phi) is 8.86. The molecule has 6 heteroatoms. The molecule has 1 rings (SSSR count). The number of nitrogens with one attached hydrogen (secondary N) is 1. The minimum Gasteiger partial charge on any atom is -0.474 e. The molecule has 0 saturated carbocycles. The molecule has 0 aliphatic rings. The van der Waals surface area contributed by atoms with Crippen LogP contribution in [0.2, 0.25) is 0 Å². The monoisotopic (exact) mass is 283 g/mol. The number of hydrogen-bond donors (Lipinski definition) is 1. The van der Waals surface area contributed by atoms with Gasteiger partial charge in [-0.25, -0.2) is 0 Å². The summed E-state index contributed by atoms with van der Waals surface area (Å²) in [6, 6.07) is 4.18. The first-order valence-electron chi connectivity index (χ1n) is 6.98. The van der Waals surface area contributed by atoms with Gasteiger partial charge in [0.05, 0.1) is 12.3 Å². The summed E-state index contributed by atoms with van der Waals surface area (Å²) in [6.45, 7) is 7.33. The fraction of sp³-hybridized carbons (Fsp3) is 0.714. The van der Waals surface area contributed by atoms with E-state index in [-0.39, 0.29) is 0 Å². The van der Waals surface area contributed by atoms with Crippen LogP contribution in [0, 0.1) is 0 Å². The topological polar surface area (TPSA) is 65.5 Å². The zero-order chi connectivity index (χ0) is 14.6. The molecule has 1 aromatic heterocycles. The van der Waals surface area contributed by atoms with Gasteiger partial charge in [0.15, 0.2) is 0 Å². The Morgan fingerprint density at radius 3 is 2.60 bits per heavy atom. The van der Waals surface area contributed by atoms with Crippen LogP contribution in [0.4, 0.5) is 0 Å². The molecule has 1 heterocycles. The Morgan fingerprint density at radius 2 is 1.95 bits per heavy atom. The summed E-state index contributed by atoms with van der Waals surface area (Å²) < 4.78 is 15.8. The quantitative estimate of drug-likeness (QED) is 0.619. The third-order valence-electron chi connectivity index (χ3n) is 2.50. The highest BCUT2D eigenvalue weighted by molar-refractivity contribution is 5.11. The zero-order valence-corrected chi connectivity index (χ0v) is 12.6. The lowest BCUT2D eigenvalue weighted by atomic mass is 10.3. The van der Waals surface area contributed by atoms with Crippen LogP contribution in [-0.4, -0.2) is 49.8 Å². The van der Waals surface area contributed by atoms with Gasteiger partial charge in [0.1, 0.15) is 6.61 Å². The van der Waals surface area contributed by atoms with Gasteiger partial charge in [0, 0.05) is 39.0 Å². The Bertz CT molecular complexity index is 344. The van der Waals surface area contributed by atoms with E-state index in [1.54, 1.807) is 7.11 Å². The molecule has 6 nitrogen and oxygen atoms in total. The van der Waals surface area contributed by atoms with Crippen LogP contribution in [0.1, 0.15) is 26.0 Å². The second kappa shape index (κ2) is 10.5. The summed E-state index contributed by atoms with van der Waals surface area (Å²) in [5.74, 6) is 0.527. The standard InChI is InChI=1S/C14H25N3O3/c1-12(2)15-11-13-5-6-14(17-16-13)20-10-9-19-8-4-7-18-3/h5-6,12,15H,4,7-11H2,1-3H3. The van der Waals surface area contributed by atoms with Gasteiger partial charge in [-0.05, 0) is 12.5 Å². The van der Waals surface area contributed by atoms with Gasteiger partial charge in [-0.15, -0.1) is 5.10 Å². The summed E-state index contributed by atoms with van der Waals surface area (Å²) >= 11 is 0. The van der Waals surface area contributed by atoms with Gasteiger partial charge in [0.2, 0.25) is 5.88 Å². The van der Waals surface area contributed by atoms with Gasteiger partial charge in [-0.1, -0.05) is 13.8 Å². The minimum absolute atomic E-state index is 0.433. The number of ether oxygens (including phenoxy) is 3. The van der Waals surface area contributed by atoms with Gasteiger partial charge in [-0.2, -0.15) is 5.10 Å². The average Bonchev–Trinajstić information content (AvgIpc) is 2.45. The SMILES string of the molecule is COCCCOCCOc1ccc(CNC(C)C)nn1. The van der Waals surface area contributed by atoms with Crippen molar-refractivity contribution in [3.63, 3.8) is 0 Å².